The van der Waals surface area contributed by atoms with Crippen LogP contribution in [0.1, 0.15) is 50.6 Å². The van der Waals surface area contributed by atoms with Crippen LogP contribution in [-0.2, 0) is 11.2 Å². The first-order valence-electron chi connectivity index (χ1n) is 13.6. The molecule has 0 saturated carbocycles. The number of allylic oxidation sites excluding steroid dienone is 1. The van der Waals surface area contributed by atoms with E-state index in [0.29, 0.717) is 29.5 Å². The zero-order valence-electron chi connectivity index (χ0n) is 22.8. The molecule has 1 atom stereocenters. The summed E-state index contributed by atoms with van der Waals surface area (Å²) in [5.74, 6) is 0.992. The van der Waals surface area contributed by atoms with Gasteiger partial charge in [0.15, 0.2) is 5.82 Å². The van der Waals surface area contributed by atoms with Gasteiger partial charge in [-0.3, -0.25) is 14.9 Å². The highest BCUT2D eigenvalue weighted by Gasteiger charge is 2.23. The number of nitrogens with zero attached hydrogens (tertiary/aromatic N) is 3. The number of benzene rings is 2. The minimum Gasteiger partial charge on any atom is -0.340 e. The highest BCUT2D eigenvalue weighted by molar-refractivity contribution is 5.95. The van der Waals surface area contributed by atoms with Gasteiger partial charge < -0.3 is 10.3 Å². The Labute approximate surface area is 232 Å². The van der Waals surface area contributed by atoms with E-state index in [1.165, 1.54) is 6.07 Å². The molecule has 1 aliphatic carbocycles. The van der Waals surface area contributed by atoms with Gasteiger partial charge >= 0.3 is 0 Å². The Kier molecular flexibility index (Phi) is 6.76. The van der Waals surface area contributed by atoms with Crippen molar-refractivity contribution in [3.8, 4) is 22.6 Å². The molecule has 0 aliphatic heterocycles. The van der Waals surface area contributed by atoms with Gasteiger partial charge in [-0.15, -0.1) is 0 Å². The van der Waals surface area contributed by atoms with Gasteiger partial charge in [0, 0.05) is 34.8 Å². The van der Waals surface area contributed by atoms with E-state index in [4.69, 9.17) is 4.98 Å². The van der Waals surface area contributed by atoms with Crippen molar-refractivity contribution in [3.63, 3.8) is 0 Å². The van der Waals surface area contributed by atoms with Crippen molar-refractivity contribution in [2.75, 3.05) is 5.32 Å². The monoisotopic (exact) mass is 534 g/mol. The number of anilines is 1. The third-order valence-electron chi connectivity index (χ3n) is 7.21. The molecular formula is C32H31FN6O. The van der Waals surface area contributed by atoms with Gasteiger partial charge in [-0.05, 0) is 66.1 Å². The van der Waals surface area contributed by atoms with Gasteiger partial charge in [0.1, 0.15) is 11.5 Å². The number of hydrogen-bond donors (Lipinski definition) is 3. The largest absolute Gasteiger partial charge is 0.340 e. The van der Waals surface area contributed by atoms with Crippen LogP contribution in [0.4, 0.5) is 10.1 Å². The van der Waals surface area contributed by atoms with Crippen molar-refractivity contribution in [1.82, 2.24) is 25.1 Å². The van der Waals surface area contributed by atoms with Crippen molar-refractivity contribution >= 4 is 28.1 Å². The first-order chi connectivity index (χ1) is 19.3. The smallest absolute Gasteiger partial charge is 0.224 e. The molecule has 0 radical (unpaired) electrons. The minimum absolute atomic E-state index is 0.0276. The van der Waals surface area contributed by atoms with Crippen LogP contribution in [0.3, 0.4) is 0 Å². The number of halogens is 1. The molecule has 1 amide bonds. The van der Waals surface area contributed by atoms with Crippen molar-refractivity contribution in [3.05, 3.63) is 89.8 Å². The molecule has 8 heteroatoms. The topological polar surface area (TPSA) is 99.3 Å². The number of carbonyl (C=O) groups is 1. The van der Waals surface area contributed by atoms with Gasteiger partial charge in [0.25, 0.3) is 0 Å². The maximum absolute atomic E-state index is 14.1. The second-order valence-electron chi connectivity index (χ2n) is 11.0. The standard InChI is InChI=1S/C32H31FN6O/c1-18(2)11-29(40)35-24-14-22(16-34-17-24)20-8-10-27-26(15-20)31(39-38-27)32-36-28-9-7-19(3)12-25(30(28)37-32)21-5-4-6-23(33)13-21/h4-6,8,10,12-19H,7,9,11H2,1-3H3,(H,35,40)(H,36,37)(H,38,39). The number of carbonyl (C=O) groups excluding carboxylic acids is 1. The summed E-state index contributed by atoms with van der Waals surface area (Å²) in [6.45, 7) is 6.21. The molecule has 0 spiro atoms. The Morgan fingerprint density at radius 3 is 2.77 bits per heavy atom. The highest BCUT2D eigenvalue weighted by atomic mass is 19.1. The lowest BCUT2D eigenvalue weighted by Gasteiger charge is -2.09. The minimum atomic E-state index is -0.267. The number of aryl methyl sites for hydroxylation is 1. The zero-order valence-corrected chi connectivity index (χ0v) is 22.8. The Hall–Kier alpha value is -4.59. The molecule has 0 fully saturated rings. The van der Waals surface area contributed by atoms with E-state index in [1.54, 1.807) is 24.5 Å². The molecule has 1 aliphatic rings. The molecule has 5 aromatic rings. The Balaban J connectivity index is 1.37. The molecule has 40 heavy (non-hydrogen) atoms. The summed E-state index contributed by atoms with van der Waals surface area (Å²) in [6.07, 6.45) is 7.89. The summed E-state index contributed by atoms with van der Waals surface area (Å²) in [7, 11) is 0. The molecule has 3 heterocycles. The number of H-pyrrole nitrogens is 2. The number of nitrogens with one attached hydrogen (secondary N) is 3. The number of rotatable bonds is 6. The lowest BCUT2D eigenvalue weighted by molar-refractivity contribution is -0.116. The first kappa shape index (κ1) is 25.7. The molecule has 0 bridgehead atoms. The maximum atomic E-state index is 14.1. The van der Waals surface area contributed by atoms with Crippen molar-refractivity contribution in [1.29, 1.82) is 0 Å². The molecule has 202 valence electrons. The van der Waals surface area contributed by atoms with Crippen molar-refractivity contribution < 1.29 is 9.18 Å². The fourth-order valence-corrected chi connectivity index (χ4v) is 5.26. The van der Waals surface area contributed by atoms with E-state index in [0.717, 1.165) is 57.4 Å². The molecule has 1 unspecified atom stereocenters. The molecule has 7 nitrogen and oxygen atoms in total. The highest BCUT2D eigenvalue weighted by Crippen LogP contribution is 2.35. The third-order valence-corrected chi connectivity index (χ3v) is 7.21. The van der Waals surface area contributed by atoms with Crippen LogP contribution >= 0.6 is 0 Å². The Bertz CT molecular complexity index is 1750. The van der Waals surface area contributed by atoms with Crippen molar-refractivity contribution in [2.24, 2.45) is 11.8 Å². The van der Waals surface area contributed by atoms with Crippen LogP contribution in [0.2, 0.25) is 0 Å². The lowest BCUT2D eigenvalue weighted by Crippen LogP contribution is -2.13. The number of aromatic amines is 2. The second-order valence-corrected chi connectivity index (χ2v) is 11.0. The van der Waals surface area contributed by atoms with E-state index < -0.39 is 0 Å². The van der Waals surface area contributed by atoms with Gasteiger partial charge in [-0.25, -0.2) is 9.37 Å². The average Bonchev–Trinajstić information content (AvgIpc) is 3.50. The van der Waals surface area contributed by atoms with E-state index in [-0.39, 0.29) is 17.6 Å². The Morgan fingerprint density at radius 2 is 1.95 bits per heavy atom. The van der Waals surface area contributed by atoms with E-state index in [2.05, 4.69) is 44.5 Å². The summed E-state index contributed by atoms with van der Waals surface area (Å²) < 4.78 is 14.1. The molecule has 6 rings (SSSR count). The predicted molar refractivity (Wildman–Crippen MR) is 156 cm³/mol. The summed E-state index contributed by atoms with van der Waals surface area (Å²) in [6, 6.07) is 14.7. The van der Waals surface area contributed by atoms with Crippen LogP contribution < -0.4 is 5.32 Å². The summed E-state index contributed by atoms with van der Waals surface area (Å²) in [4.78, 5) is 25.2. The summed E-state index contributed by atoms with van der Waals surface area (Å²) >= 11 is 0. The number of fused-ring (bicyclic) bond motifs is 2. The normalized spacial score (nSPS) is 15.1. The fraction of sp³-hybridized carbons (Fsp3) is 0.250. The number of aromatic nitrogens is 5. The van der Waals surface area contributed by atoms with Crippen LogP contribution in [0.15, 0.2) is 67.0 Å². The summed E-state index contributed by atoms with van der Waals surface area (Å²) in [5, 5.41) is 11.6. The number of pyridine rings is 1. The molecular weight excluding hydrogens is 503 g/mol. The fourth-order valence-electron chi connectivity index (χ4n) is 5.26. The van der Waals surface area contributed by atoms with Gasteiger partial charge in [0.05, 0.1) is 23.1 Å². The quantitative estimate of drug-likeness (QED) is 0.215. The predicted octanol–water partition coefficient (Wildman–Crippen LogP) is 7.15. The first-order valence-corrected chi connectivity index (χ1v) is 13.6. The summed E-state index contributed by atoms with van der Waals surface area (Å²) in [5.41, 5.74) is 7.71. The van der Waals surface area contributed by atoms with Gasteiger partial charge in [-0.1, -0.05) is 45.0 Å². The van der Waals surface area contributed by atoms with Crippen LogP contribution in [-0.4, -0.2) is 31.1 Å². The molecule has 2 aromatic carbocycles. The molecule has 0 saturated heterocycles. The van der Waals surface area contributed by atoms with Gasteiger partial charge in [-0.2, -0.15) is 5.10 Å². The number of amides is 1. The van der Waals surface area contributed by atoms with Crippen LogP contribution in [0.25, 0.3) is 39.1 Å². The van der Waals surface area contributed by atoms with Crippen LogP contribution in [0, 0.1) is 17.7 Å². The second kappa shape index (κ2) is 10.5. The zero-order chi connectivity index (χ0) is 27.8. The lowest BCUT2D eigenvalue weighted by atomic mass is 9.99. The van der Waals surface area contributed by atoms with Gasteiger partial charge in [0.2, 0.25) is 5.91 Å². The van der Waals surface area contributed by atoms with E-state index >= 15 is 0 Å². The number of imidazole rings is 1. The average molecular weight is 535 g/mol. The van der Waals surface area contributed by atoms with E-state index in [1.807, 2.05) is 38.1 Å². The number of hydrogen-bond acceptors (Lipinski definition) is 4. The molecule has 3 aromatic heterocycles. The SMILES string of the molecule is CC(C)CC(=O)Nc1cncc(-c2ccc3[nH]nc(-c4nc5c([nH]4)CCC(C)C=C5c4cccc(F)c4)c3c2)c1. The van der Waals surface area contributed by atoms with E-state index in [9.17, 15) is 9.18 Å². The third kappa shape index (κ3) is 5.17. The van der Waals surface area contributed by atoms with Crippen LogP contribution in [0.5, 0.6) is 0 Å². The van der Waals surface area contributed by atoms with Crippen molar-refractivity contribution in [2.45, 2.75) is 40.0 Å². The molecule has 3 N–H and O–H groups in total. The maximum Gasteiger partial charge on any atom is 0.224 e. The Morgan fingerprint density at radius 1 is 1.07 bits per heavy atom.